The van der Waals surface area contributed by atoms with E-state index >= 15 is 0 Å². The summed E-state index contributed by atoms with van der Waals surface area (Å²) in [5, 5.41) is 0. The quantitative estimate of drug-likeness (QED) is 0.825. The van der Waals surface area contributed by atoms with E-state index in [1.807, 2.05) is 25.1 Å². The van der Waals surface area contributed by atoms with Crippen molar-refractivity contribution in [3.8, 4) is 5.88 Å². The fourth-order valence-corrected chi connectivity index (χ4v) is 1.62. The van der Waals surface area contributed by atoms with Gasteiger partial charge in [0.1, 0.15) is 0 Å². The second-order valence-corrected chi connectivity index (χ2v) is 3.60. The van der Waals surface area contributed by atoms with Gasteiger partial charge >= 0.3 is 0 Å². The standard InChI is InChI=1S/C10H9BrN2O/c1-2-14-10-7(11)6-9-8(13-10)4-3-5-12-9/h3-6H,2H2,1H3. The largest absolute Gasteiger partial charge is 0.477 e. The molecule has 0 atom stereocenters. The molecule has 14 heavy (non-hydrogen) atoms. The van der Waals surface area contributed by atoms with Gasteiger partial charge in [-0.15, -0.1) is 0 Å². The summed E-state index contributed by atoms with van der Waals surface area (Å²) in [6.45, 7) is 2.54. The lowest BCUT2D eigenvalue weighted by molar-refractivity contribution is 0.326. The van der Waals surface area contributed by atoms with Crippen LogP contribution in [0.25, 0.3) is 11.0 Å². The van der Waals surface area contributed by atoms with E-state index in [0.29, 0.717) is 12.5 Å². The predicted octanol–water partition coefficient (Wildman–Crippen LogP) is 2.79. The van der Waals surface area contributed by atoms with Crippen LogP contribution in [0.15, 0.2) is 28.9 Å². The lowest BCUT2D eigenvalue weighted by Crippen LogP contribution is -1.96. The summed E-state index contributed by atoms with van der Waals surface area (Å²) in [7, 11) is 0. The Labute approximate surface area is 90.3 Å². The van der Waals surface area contributed by atoms with E-state index in [-0.39, 0.29) is 0 Å². The molecule has 0 unspecified atom stereocenters. The van der Waals surface area contributed by atoms with Gasteiger partial charge in [0.15, 0.2) is 0 Å². The number of aromatic nitrogens is 2. The number of ether oxygens (including phenoxy) is 1. The second kappa shape index (κ2) is 3.92. The zero-order valence-electron chi connectivity index (χ0n) is 7.70. The van der Waals surface area contributed by atoms with Gasteiger partial charge in [-0.2, -0.15) is 0 Å². The molecule has 0 saturated carbocycles. The molecule has 0 bridgehead atoms. The molecule has 72 valence electrons. The Bertz CT molecular complexity index is 459. The molecule has 2 aromatic heterocycles. The van der Waals surface area contributed by atoms with Crippen LogP contribution < -0.4 is 4.74 Å². The van der Waals surface area contributed by atoms with Crippen LogP contribution in [0.3, 0.4) is 0 Å². The fourth-order valence-electron chi connectivity index (χ4n) is 1.20. The normalized spacial score (nSPS) is 10.4. The summed E-state index contributed by atoms with van der Waals surface area (Å²) < 4.78 is 6.20. The van der Waals surface area contributed by atoms with Crippen LogP contribution in [0.1, 0.15) is 6.92 Å². The van der Waals surface area contributed by atoms with E-state index in [1.54, 1.807) is 6.20 Å². The summed E-state index contributed by atoms with van der Waals surface area (Å²) in [6.07, 6.45) is 1.75. The maximum absolute atomic E-state index is 5.36. The van der Waals surface area contributed by atoms with E-state index in [2.05, 4.69) is 25.9 Å². The number of pyridine rings is 2. The van der Waals surface area contributed by atoms with Gasteiger partial charge in [0.05, 0.1) is 22.1 Å². The SMILES string of the molecule is CCOc1nc2cccnc2cc1Br. The number of hydrogen-bond acceptors (Lipinski definition) is 3. The Morgan fingerprint density at radius 1 is 1.43 bits per heavy atom. The average Bonchev–Trinajstić information content (AvgIpc) is 2.19. The number of nitrogens with zero attached hydrogens (tertiary/aromatic N) is 2. The first-order chi connectivity index (χ1) is 6.81. The molecule has 0 saturated heterocycles. The highest BCUT2D eigenvalue weighted by atomic mass is 79.9. The van der Waals surface area contributed by atoms with Crippen LogP contribution in [-0.2, 0) is 0 Å². The monoisotopic (exact) mass is 252 g/mol. The molecule has 0 aromatic carbocycles. The van der Waals surface area contributed by atoms with Crippen LogP contribution >= 0.6 is 15.9 Å². The molecule has 2 aromatic rings. The van der Waals surface area contributed by atoms with Crippen molar-refractivity contribution in [3.05, 3.63) is 28.9 Å². The highest BCUT2D eigenvalue weighted by Gasteiger charge is 2.04. The lowest BCUT2D eigenvalue weighted by atomic mass is 10.3. The predicted molar refractivity (Wildman–Crippen MR) is 58.4 cm³/mol. The van der Waals surface area contributed by atoms with Gasteiger partial charge < -0.3 is 4.74 Å². The highest BCUT2D eigenvalue weighted by molar-refractivity contribution is 9.10. The van der Waals surface area contributed by atoms with Crippen molar-refractivity contribution in [2.24, 2.45) is 0 Å². The number of rotatable bonds is 2. The number of fused-ring (bicyclic) bond motifs is 1. The number of hydrogen-bond donors (Lipinski definition) is 0. The van der Waals surface area contributed by atoms with Gasteiger partial charge in [0, 0.05) is 6.20 Å². The van der Waals surface area contributed by atoms with Crippen molar-refractivity contribution in [2.75, 3.05) is 6.61 Å². The molecule has 0 spiro atoms. The van der Waals surface area contributed by atoms with Crippen molar-refractivity contribution in [3.63, 3.8) is 0 Å². The summed E-state index contributed by atoms with van der Waals surface area (Å²) in [5.41, 5.74) is 1.71. The molecular formula is C10H9BrN2O. The second-order valence-electron chi connectivity index (χ2n) is 2.75. The van der Waals surface area contributed by atoms with Crippen LogP contribution in [0.2, 0.25) is 0 Å². The molecule has 0 amide bonds. The molecule has 3 nitrogen and oxygen atoms in total. The molecule has 2 rings (SSSR count). The van der Waals surface area contributed by atoms with Gasteiger partial charge in [-0.3, -0.25) is 4.98 Å². The first kappa shape index (κ1) is 9.40. The Hall–Kier alpha value is -1.16. The Morgan fingerprint density at radius 3 is 3.07 bits per heavy atom. The van der Waals surface area contributed by atoms with Crippen LogP contribution in [0.5, 0.6) is 5.88 Å². The molecule has 0 N–H and O–H groups in total. The zero-order valence-corrected chi connectivity index (χ0v) is 9.28. The van der Waals surface area contributed by atoms with Crippen molar-refractivity contribution >= 4 is 27.0 Å². The van der Waals surface area contributed by atoms with Gasteiger partial charge in [0.25, 0.3) is 0 Å². The van der Waals surface area contributed by atoms with Crippen LogP contribution in [0.4, 0.5) is 0 Å². The molecular weight excluding hydrogens is 244 g/mol. The highest BCUT2D eigenvalue weighted by Crippen LogP contribution is 2.25. The van der Waals surface area contributed by atoms with Crippen molar-refractivity contribution < 1.29 is 4.74 Å². The molecule has 0 radical (unpaired) electrons. The van der Waals surface area contributed by atoms with Gasteiger partial charge in [0.2, 0.25) is 5.88 Å². The van der Waals surface area contributed by atoms with E-state index in [0.717, 1.165) is 15.5 Å². The fraction of sp³-hybridized carbons (Fsp3) is 0.200. The summed E-state index contributed by atoms with van der Waals surface area (Å²) in [5.74, 6) is 0.619. The van der Waals surface area contributed by atoms with Gasteiger partial charge in [-0.05, 0) is 41.1 Å². The smallest absolute Gasteiger partial charge is 0.228 e. The molecule has 4 heteroatoms. The summed E-state index contributed by atoms with van der Waals surface area (Å²) >= 11 is 3.39. The lowest BCUT2D eigenvalue weighted by Gasteiger charge is -2.05. The van der Waals surface area contributed by atoms with Crippen molar-refractivity contribution in [1.29, 1.82) is 0 Å². The summed E-state index contributed by atoms with van der Waals surface area (Å²) in [4.78, 5) is 8.53. The first-order valence-corrected chi connectivity index (χ1v) is 5.14. The first-order valence-electron chi connectivity index (χ1n) is 4.35. The van der Waals surface area contributed by atoms with Crippen molar-refractivity contribution in [2.45, 2.75) is 6.92 Å². The molecule has 0 aliphatic rings. The van der Waals surface area contributed by atoms with Gasteiger partial charge in [-0.1, -0.05) is 0 Å². The third-order valence-corrected chi connectivity index (χ3v) is 2.36. The van der Waals surface area contributed by atoms with E-state index in [9.17, 15) is 0 Å². The number of halogens is 1. The maximum atomic E-state index is 5.36. The van der Waals surface area contributed by atoms with Crippen molar-refractivity contribution in [1.82, 2.24) is 9.97 Å². The minimum Gasteiger partial charge on any atom is -0.477 e. The van der Waals surface area contributed by atoms with E-state index in [1.165, 1.54) is 0 Å². The van der Waals surface area contributed by atoms with Crippen LogP contribution in [0, 0.1) is 0 Å². The summed E-state index contributed by atoms with van der Waals surface area (Å²) in [6, 6.07) is 5.68. The average molecular weight is 253 g/mol. The Kier molecular flexibility index (Phi) is 2.63. The molecule has 2 heterocycles. The molecule has 0 aliphatic heterocycles. The zero-order chi connectivity index (χ0) is 9.97. The third kappa shape index (κ3) is 1.70. The van der Waals surface area contributed by atoms with Gasteiger partial charge in [-0.25, -0.2) is 4.98 Å². The van der Waals surface area contributed by atoms with E-state index in [4.69, 9.17) is 4.74 Å². The topological polar surface area (TPSA) is 35.0 Å². The minimum absolute atomic E-state index is 0.609. The molecule has 0 aliphatic carbocycles. The van der Waals surface area contributed by atoms with Crippen LogP contribution in [-0.4, -0.2) is 16.6 Å². The van der Waals surface area contributed by atoms with E-state index < -0.39 is 0 Å². The minimum atomic E-state index is 0.609. The third-order valence-electron chi connectivity index (χ3n) is 1.79. The molecule has 0 fully saturated rings. The Morgan fingerprint density at radius 2 is 2.29 bits per heavy atom. The maximum Gasteiger partial charge on any atom is 0.228 e. The Balaban J connectivity index is 2.59.